The highest BCUT2D eigenvalue weighted by molar-refractivity contribution is 6.96. The van der Waals surface area contributed by atoms with Gasteiger partial charge >= 0.3 is 11.9 Å². The summed E-state index contributed by atoms with van der Waals surface area (Å²) >= 11 is 0. The quantitative estimate of drug-likeness (QED) is 0.0365. The van der Waals surface area contributed by atoms with Crippen LogP contribution in [0.2, 0.25) is 24.2 Å². The highest BCUT2D eigenvalue weighted by atomic mass is 28.3. The maximum atomic E-state index is 12.9. The van der Waals surface area contributed by atoms with Crippen LogP contribution in [0.1, 0.15) is 120 Å². The molecular formula is C38H58O6Si2. The average Bonchev–Trinajstić information content (AvgIpc) is 3.10. The summed E-state index contributed by atoms with van der Waals surface area (Å²) in [5, 5.41) is 2.47. The molecule has 2 aromatic carbocycles. The third-order valence-corrected chi connectivity index (χ3v) is 19.3. The van der Waals surface area contributed by atoms with E-state index < -0.39 is 34.4 Å². The van der Waals surface area contributed by atoms with E-state index in [9.17, 15) is 9.59 Å². The second-order valence-electron chi connectivity index (χ2n) is 12.3. The number of hydrogen-bond acceptors (Lipinski definition) is 6. The first kappa shape index (κ1) is 39.4. The van der Waals surface area contributed by atoms with Gasteiger partial charge in [-0.1, -0.05) is 156 Å². The molecule has 6 nitrogen and oxygen atoms in total. The summed E-state index contributed by atoms with van der Waals surface area (Å²) in [5.74, 6) is -1.26. The fourth-order valence-corrected chi connectivity index (χ4v) is 12.0. The van der Waals surface area contributed by atoms with Gasteiger partial charge in [0.15, 0.2) is 0 Å². The molecule has 0 amide bonds. The Morgan fingerprint density at radius 2 is 0.935 bits per heavy atom. The van der Waals surface area contributed by atoms with E-state index >= 15 is 0 Å². The summed E-state index contributed by atoms with van der Waals surface area (Å²) in [6.07, 6.45) is 9.78. The van der Waals surface area contributed by atoms with Gasteiger partial charge in [-0.25, -0.2) is 9.59 Å². The van der Waals surface area contributed by atoms with Gasteiger partial charge in [-0.15, -0.1) is 22.9 Å². The fraction of sp³-hybridized carbons (Fsp3) is 0.526. The summed E-state index contributed by atoms with van der Waals surface area (Å²) in [6, 6.07) is 19.2. The lowest BCUT2D eigenvalue weighted by Gasteiger charge is -2.26. The van der Waals surface area contributed by atoms with Crippen LogP contribution >= 0.6 is 0 Å². The van der Waals surface area contributed by atoms with Gasteiger partial charge in [-0.05, 0) is 30.7 Å². The van der Waals surface area contributed by atoms with E-state index in [1.165, 1.54) is 48.9 Å². The topological polar surface area (TPSA) is 71.1 Å². The Hall–Kier alpha value is -2.79. The SMILES string of the molecule is C=C[Si](CC)(CC)c1ccc(C(=O)OOC(CCCCCCCCCCC)OOC(=O)c2ccc([Si](C=C)(CC)CC)cc2)cc1. The molecule has 0 aliphatic carbocycles. The molecule has 0 aromatic heterocycles. The Morgan fingerprint density at radius 1 is 0.587 bits per heavy atom. The molecule has 0 spiro atoms. The van der Waals surface area contributed by atoms with Crippen molar-refractivity contribution in [3.05, 3.63) is 84.2 Å². The minimum Gasteiger partial charge on any atom is -0.290 e. The molecule has 0 aliphatic heterocycles. The maximum absolute atomic E-state index is 12.9. The molecule has 0 saturated heterocycles. The second-order valence-corrected chi connectivity index (χ2v) is 21.7. The van der Waals surface area contributed by atoms with Gasteiger partial charge in [0.1, 0.15) is 16.1 Å². The number of benzene rings is 2. The molecule has 8 heteroatoms. The lowest BCUT2D eigenvalue weighted by molar-refractivity contribution is -0.421. The summed E-state index contributed by atoms with van der Waals surface area (Å²) in [4.78, 5) is 47.0. The molecule has 2 aromatic rings. The van der Waals surface area contributed by atoms with Crippen LogP contribution in [0.5, 0.6) is 0 Å². The first-order valence-corrected chi connectivity index (χ1v) is 22.5. The molecule has 254 valence electrons. The van der Waals surface area contributed by atoms with Crippen molar-refractivity contribution in [2.75, 3.05) is 0 Å². The van der Waals surface area contributed by atoms with Crippen LogP contribution in [-0.2, 0) is 19.6 Å². The molecule has 0 N–H and O–H groups in total. The third-order valence-electron chi connectivity index (χ3n) is 9.70. The summed E-state index contributed by atoms with van der Waals surface area (Å²) < 4.78 is 0. The van der Waals surface area contributed by atoms with Gasteiger partial charge in [-0.3, -0.25) is 9.78 Å². The largest absolute Gasteiger partial charge is 0.373 e. The van der Waals surface area contributed by atoms with Crippen LogP contribution in [0.25, 0.3) is 0 Å². The summed E-state index contributed by atoms with van der Waals surface area (Å²) in [6.45, 7) is 19.2. The van der Waals surface area contributed by atoms with Crippen molar-refractivity contribution in [3.63, 3.8) is 0 Å². The molecule has 2 rings (SSSR count). The predicted octanol–water partition coefficient (Wildman–Crippen LogP) is 9.65. The molecule has 46 heavy (non-hydrogen) atoms. The van der Waals surface area contributed by atoms with E-state index in [0.29, 0.717) is 17.5 Å². The first-order chi connectivity index (χ1) is 22.3. The fourth-order valence-electron chi connectivity index (χ4n) is 6.03. The third kappa shape index (κ3) is 11.5. The van der Waals surface area contributed by atoms with Crippen molar-refractivity contribution in [3.8, 4) is 0 Å². The number of carbonyl (C=O) groups is 2. The Balaban J connectivity index is 2.01. The van der Waals surface area contributed by atoms with Crippen molar-refractivity contribution in [2.24, 2.45) is 0 Å². The zero-order valence-electron chi connectivity index (χ0n) is 29.1. The van der Waals surface area contributed by atoms with Crippen LogP contribution < -0.4 is 10.4 Å². The van der Waals surface area contributed by atoms with E-state index in [2.05, 4.69) is 59.2 Å². The standard InChI is InChI=1S/C38H58O6Si2/c1-8-15-16-17-18-19-20-21-22-23-36(41-43-37(39)32-24-28-34(29-25-32)45(9-2,10-3)11-4)42-44-38(40)33-26-30-35(31-27-33)46(12-5,13-6)14-7/h9,12,24-31,36H,2,5,8,10-11,13-23H2,1,3-4,6-7H3. The van der Waals surface area contributed by atoms with Gasteiger partial charge in [0.2, 0.25) is 6.29 Å². The van der Waals surface area contributed by atoms with Crippen molar-refractivity contribution in [1.29, 1.82) is 0 Å². The number of carbonyl (C=O) groups excluding carboxylic acids is 2. The molecule has 0 bridgehead atoms. The average molecular weight is 667 g/mol. The van der Waals surface area contributed by atoms with Crippen molar-refractivity contribution < 1.29 is 29.1 Å². The lowest BCUT2D eigenvalue weighted by Crippen LogP contribution is -2.44. The minimum absolute atomic E-state index is 0.375. The normalized spacial score (nSPS) is 11.8. The number of unbranched alkanes of at least 4 members (excludes halogenated alkanes) is 8. The Labute approximate surface area is 280 Å². The zero-order valence-corrected chi connectivity index (χ0v) is 31.1. The first-order valence-electron chi connectivity index (χ1n) is 17.5. The summed E-state index contributed by atoms with van der Waals surface area (Å²) in [5.41, 5.74) is 4.97. The van der Waals surface area contributed by atoms with E-state index in [1.54, 1.807) is 24.3 Å². The highest BCUT2D eigenvalue weighted by Gasteiger charge is 2.29. The van der Waals surface area contributed by atoms with E-state index in [1.807, 2.05) is 24.3 Å². The van der Waals surface area contributed by atoms with Crippen LogP contribution in [0.3, 0.4) is 0 Å². The summed E-state index contributed by atoms with van der Waals surface area (Å²) in [7, 11) is -3.56. The molecule has 0 fully saturated rings. The number of rotatable bonds is 24. The monoisotopic (exact) mass is 666 g/mol. The maximum Gasteiger partial charge on any atom is 0.373 e. The van der Waals surface area contributed by atoms with E-state index in [-0.39, 0.29) is 0 Å². The van der Waals surface area contributed by atoms with Crippen molar-refractivity contribution in [1.82, 2.24) is 0 Å². The van der Waals surface area contributed by atoms with Gasteiger partial charge in [0, 0.05) is 6.42 Å². The molecule has 0 heterocycles. The highest BCUT2D eigenvalue weighted by Crippen LogP contribution is 2.20. The van der Waals surface area contributed by atoms with Crippen molar-refractivity contribution >= 4 is 38.5 Å². The van der Waals surface area contributed by atoms with Gasteiger partial charge < -0.3 is 0 Å². The molecule has 0 atom stereocenters. The van der Waals surface area contributed by atoms with Crippen molar-refractivity contribution in [2.45, 2.75) is 129 Å². The van der Waals surface area contributed by atoms with Crippen LogP contribution in [0, 0.1) is 0 Å². The number of hydrogen-bond donors (Lipinski definition) is 0. The van der Waals surface area contributed by atoms with Crippen LogP contribution in [0.4, 0.5) is 0 Å². The van der Waals surface area contributed by atoms with Gasteiger partial charge in [-0.2, -0.15) is 0 Å². The lowest BCUT2D eigenvalue weighted by atomic mass is 10.1. The van der Waals surface area contributed by atoms with E-state index in [0.717, 1.165) is 43.4 Å². The Bertz CT molecular complexity index is 1100. The van der Waals surface area contributed by atoms with Gasteiger partial charge in [0.05, 0.1) is 11.1 Å². The molecular weight excluding hydrogens is 609 g/mol. The Morgan fingerprint density at radius 3 is 1.26 bits per heavy atom. The van der Waals surface area contributed by atoms with Crippen LogP contribution in [-0.4, -0.2) is 34.4 Å². The minimum atomic E-state index is -1.78. The smallest absolute Gasteiger partial charge is 0.290 e. The van der Waals surface area contributed by atoms with Gasteiger partial charge in [0.25, 0.3) is 0 Å². The molecule has 0 saturated carbocycles. The molecule has 0 aliphatic rings. The predicted molar refractivity (Wildman–Crippen MR) is 195 cm³/mol. The Kier molecular flexibility index (Phi) is 18.1. The molecule has 0 unspecified atom stereocenters. The second kappa shape index (κ2) is 21.2. The molecule has 0 radical (unpaired) electrons. The van der Waals surface area contributed by atoms with E-state index in [4.69, 9.17) is 19.6 Å². The van der Waals surface area contributed by atoms with Crippen LogP contribution in [0.15, 0.2) is 73.1 Å². The zero-order chi connectivity index (χ0) is 33.8.